The summed E-state index contributed by atoms with van der Waals surface area (Å²) in [5.74, 6) is 0.0321. The van der Waals surface area contributed by atoms with E-state index in [1.54, 1.807) is 18.3 Å². The van der Waals surface area contributed by atoms with E-state index in [0.29, 0.717) is 11.6 Å². The molecule has 4 N–H and O–H groups in total. The fourth-order valence-corrected chi connectivity index (χ4v) is 4.45. The topological polar surface area (TPSA) is 129 Å². The Bertz CT molecular complexity index is 1430. The average Bonchev–Trinajstić information content (AvgIpc) is 2.98. The molecule has 1 atom stereocenters. The summed E-state index contributed by atoms with van der Waals surface area (Å²) in [6.45, 7) is 3.25. The molecule has 0 spiro atoms. The van der Waals surface area contributed by atoms with Crippen LogP contribution in [-0.2, 0) is 16.0 Å². The van der Waals surface area contributed by atoms with Crippen LogP contribution >= 0.6 is 0 Å². The molecule has 1 aromatic heterocycles. The fourth-order valence-electron chi connectivity index (χ4n) is 4.45. The average molecular weight is 539 g/mol. The Balaban J connectivity index is 1.22. The van der Waals surface area contributed by atoms with Crippen molar-refractivity contribution in [3.63, 3.8) is 0 Å². The number of rotatable bonds is 9. The molecule has 0 aliphatic carbocycles. The van der Waals surface area contributed by atoms with Gasteiger partial charge in [-0.3, -0.25) is 4.79 Å². The van der Waals surface area contributed by atoms with E-state index in [0.717, 1.165) is 54.5 Å². The van der Waals surface area contributed by atoms with Crippen LogP contribution in [0.25, 0.3) is 11.3 Å². The lowest BCUT2D eigenvalue weighted by atomic mass is 10.1. The van der Waals surface area contributed by atoms with Gasteiger partial charge in [-0.15, -0.1) is 0 Å². The maximum atomic E-state index is 12.9. The monoisotopic (exact) mass is 538 g/mol. The Labute approximate surface area is 232 Å². The van der Waals surface area contributed by atoms with Crippen molar-refractivity contribution >= 4 is 35.0 Å². The lowest BCUT2D eigenvalue weighted by Crippen LogP contribution is -2.44. The van der Waals surface area contributed by atoms with Crippen molar-refractivity contribution < 1.29 is 19.4 Å². The number of benzene rings is 3. The number of morpholine rings is 1. The van der Waals surface area contributed by atoms with Crippen LogP contribution in [0.5, 0.6) is 0 Å². The number of ether oxygens (including phenoxy) is 1. The molecule has 204 valence electrons. The number of hydrogen-bond acceptors (Lipinski definition) is 7. The van der Waals surface area contributed by atoms with Gasteiger partial charge >= 0.3 is 6.09 Å². The number of carboxylic acid groups (broad SMARTS) is 1. The van der Waals surface area contributed by atoms with Crippen LogP contribution in [0.2, 0.25) is 0 Å². The molecule has 10 nitrogen and oxygen atoms in total. The van der Waals surface area contributed by atoms with Gasteiger partial charge in [-0.05, 0) is 48.0 Å². The fraction of sp³-hybridized carbons (Fsp3) is 0.200. The van der Waals surface area contributed by atoms with Crippen molar-refractivity contribution in [3.8, 4) is 11.3 Å². The molecule has 0 saturated carbocycles. The van der Waals surface area contributed by atoms with Crippen molar-refractivity contribution in [2.24, 2.45) is 0 Å². The van der Waals surface area contributed by atoms with Gasteiger partial charge in [0, 0.05) is 48.3 Å². The van der Waals surface area contributed by atoms with Crippen LogP contribution < -0.4 is 20.9 Å². The van der Waals surface area contributed by atoms with E-state index in [4.69, 9.17) is 4.74 Å². The normalized spacial score (nSPS) is 13.8. The summed E-state index contributed by atoms with van der Waals surface area (Å²) in [5.41, 5.74) is 5.00. The molecule has 0 radical (unpaired) electrons. The summed E-state index contributed by atoms with van der Waals surface area (Å²) in [6, 6.07) is 25.5. The summed E-state index contributed by atoms with van der Waals surface area (Å²) in [4.78, 5) is 35.4. The first kappa shape index (κ1) is 26.6. The lowest BCUT2D eigenvalue weighted by molar-refractivity contribution is -0.118. The summed E-state index contributed by atoms with van der Waals surface area (Å²) >= 11 is 0. The molecule has 5 rings (SSSR count). The predicted octanol–water partition coefficient (Wildman–Crippen LogP) is 4.54. The van der Waals surface area contributed by atoms with Crippen molar-refractivity contribution in [1.29, 1.82) is 0 Å². The van der Waals surface area contributed by atoms with Gasteiger partial charge in [0.25, 0.3) is 0 Å². The number of anilines is 4. The van der Waals surface area contributed by atoms with Crippen LogP contribution in [0.15, 0.2) is 91.1 Å². The zero-order valence-corrected chi connectivity index (χ0v) is 21.8. The number of carbonyl (C=O) groups is 2. The minimum Gasteiger partial charge on any atom is -0.465 e. The largest absolute Gasteiger partial charge is 0.465 e. The maximum absolute atomic E-state index is 12.9. The number of nitrogens with one attached hydrogen (secondary N) is 3. The third-order valence-corrected chi connectivity index (χ3v) is 6.50. The van der Waals surface area contributed by atoms with Crippen molar-refractivity contribution in [2.45, 2.75) is 12.5 Å². The van der Waals surface area contributed by atoms with Crippen LogP contribution in [0.4, 0.5) is 27.8 Å². The Kier molecular flexibility index (Phi) is 8.47. The molecule has 4 aromatic rings. The summed E-state index contributed by atoms with van der Waals surface area (Å²) < 4.78 is 5.43. The molecule has 3 aromatic carbocycles. The second-order valence-electron chi connectivity index (χ2n) is 9.30. The molecular formula is C30H30N6O4. The van der Waals surface area contributed by atoms with Gasteiger partial charge in [-0.25, -0.2) is 14.8 Å². The van der Waals surface area contributed by atoms with E-state index in [-0.39, 0.29) is 6.42 Å². The third kappa shape index (κ3) is 7.12. The molecule has 2 heterocycles. The minimum absolute atomic E-state index is 0.240. The molecule has 1 unspecified atom stereocenters. The molecule has 0 bridgehead atoms. The van der Waals surface area contributed by atoms with Crippen molar-refractivity contribution in [2.75, 3.05) is 41.8 Å². The number of amides is 2. The minimum atomic E-state index is -1.26. The zero-order chi connectivity index (χ0) is 27.7. The lowest BCUT2D eigenvalue weighted by Gasteiger charge is -2.28. The highest BCUT2D eigenvalue weighted by molar-refractivity contribution is 5.96. The molecule has 40 heavy (non-hydrogen) atoms. The number of aromatic nitrogens is 2. The number of hydrogen-bond donors (Lipinski definition) is 4. The van der Waals surface area contributed by atoms with Gasteiger partial charge in [-0.1, -0.05) is 42.5 Å². The van der Waals surface area contributed by atoms with Crippen LogP contribution in [0.3, 0.4) is 0 Å². The highest BCUT2D eigenvalue weighted by Crippen LogP contribution is 2.23. The highest BCUT2D eigenvalue weighted by atomic mass is 16.5. The van der Waals surface area contributed by atoms with E-state index in [2.05, 4.69) is 43.0 Å². The highest BCUT2D eigenvalue weighted by Gasteiger charge is 2.21. The van der Waals surface area contributed by atoms with Gasteiger partial charge in [0.15, 0.2) is 0 Å². The maximum Gasteiger partial charge on any atom is 0.405 e. The molecule has 1 aliphatic rings. The van der Waals surface area contributed by atoms with Crippen LogP contribution in [0, 0.1) is 0 Å². The van der Waals surface area contributed by atoms with Crippen molar-refractivity contribution in [1.82, 2.24) is 15.3 Å². The number of carbonyl (C=O) groups excluding carboxylic acids is 1. The van der Waals surface area contributed by atoms with E-state index >= 15 is 0 Å². The predicted molar refractivity (Wildman–Crippen MR) is 154 cm³/mol. The van der Waals surface area contributed by atoms with Crippen LogP contribution in [-0.4, -0.2) is 59.4 Å². The molecule has 1 fully saturated rings. The summed E-state index contributed by atoms with van der Waals surface area (Å²) in [5, 5.41) is 17.6. The van der Waals surface area contributed by atoms with E-state index in [1.165, 1.54) is 0 Å². The Morgan fingerprint density at radius 2 is 1.60 bits per heavy atom. The Morgan fingerprint density at radius 3 is 2.30 bits per heavy atom. The van der Waals surface area contributed by atoms with E-state index in [9.17, 15) is 14.7 Å². The number of nitrogens with zero attached hydrogens (tertiary/aromatic N) is 3. The van der Waals surface area contributed by atoms with Gasteiger partial charge in [0.05, 0.1) is 18.9 Å². The van der Waals surface area contributed by atoms with E-state index in [1.807, 2.05) is 60.7 Å². The summed E-state index contributed by atoms with van der Waals surface area (Å²) in [7, 11) is 0. The van der Waals surface area contributed by atoms with Gasteiger partial charge in [-0.2, -0.15) is 0 Å². The smallest absolute Gasteiger partial charge is 0.405 e. The van der Waals surface area contributed by atoms with Gasteiger partial charge < -0.3 is 30.7 Å². The Hall–Kier alpha value is -4.96. The summed E-state index contributed by atoms with van der Waals surface area (Å²) in [6.07, 6.45) is 0.672. The van der Waals surface area contributed by atoms with Crippen molar-refractivity contribution in [3.05, 3.63) is 96.7 Å². The van der Waals surface area contributed by atoms with Gasteiger partial charge in [0.1, 0.15) is 6.04 Å². The first-order chi connectivity index (χ1) is 19.5. The molecule has 1 saturated heterocycles. The SMILES string of the molecule is O=C(O)NC(Cc1ccccc1)C(=O)Nc1ccc(-c2ccnc(Nc3ccc(N4CCOCC4)cc3)n2)cc1. The zero-order valence-electron chi connectivity index (χ0n) is 21.8. The van der Waals surface area contributed by atoms with E-state index < -0.39 is 18.0 Å². The molecular weight excluding hydrogens is 508 g/mol. The standard InChI is InChI=1S/C30H30N6O4/c37-28(27(35-30(38)39)20-21-4-2-1-3-5-21)32-23-8-6-22(7-9-23)26-14-15-31-29(34-26)33-24-10-12-25(13-11-24)36-16-18-40-19-17-36/h1-15,27,35H,16-20H2,(H,32,37)(H,38,39)(H,31,33,34). The molecule has 10 heteroatoms. The first-order valence-electron chi connectivity index (χ1n) is 13.0. The third-order valence-electron chi connectivity index (χ3n) is 6.50. The van der Waals surface area contributed by atoms with Crippen LogP contribution in [0.1, 0.15) is 5.56 Å². The van der Waals surface area contributed by atoms with Gasteiger partial charge in [0.2, 0.25) is 11.9 Å². The molecule has 1 aliphatic heterocycles. The Morgan fingerprint density at radius 1 is 0.900 bits per heavy atom. The second-order valence-corrected chi connectivity index (χ2v) is 9.30. The second kappa shape index (κ2) is 12.7. The first-order valence-corrected chi connectivity index (χ1v) is 13.0. The molecule has 2 amide bonds. The quantitative estimate of drug-likeness (QED) is 0.245.